The van der Waals surface area contributed by atoms with Gasteiger partial charge < -0.3 is 20.9 Å². The van der Waals surface area contributed by atoms with E-state index >= 15 is 0 Å². The molecule has 4 N–H and O–H groups in total. The summed E-state index contributed by atoms with van der Waals surface area (Å²) in [6, 6.07) is 13.4. The highest BCUT2D eigenvalue weighted by atomic mass is 16.5. The van der Waals surface area contributed by atoms with E-state index in [1.165, 1.54) is 4.90 Å². The minimum Gasteiger partial charge on any atom is -0.490 e. The second-order valence-corrected chi connectivity index (χ2v) is 9.73. The summed E-state index contributed by atoms with van der Waals surface area (Å²) in [6.45, 7) is 7.62. The van der Waals surface area contributed by atoms with Crippen LogP contribution in [0.4, 0.5) is 0 Å². The molecule has 8 heteroatoms. The molecule has 0 unspecified atom stereocenters. The number of aliphatic hydroxyl groups is 1. The molecule has 2 aromatic rings. The third kappa shape index (κ3) is 4.62. The largest absolute Gasteiger partial charge is 0.490 e. The predicted molar refractivity (Wildman–Crippen MR) is 134 cm³/mol. The van der Waals surface area contributed by atoms with Crippen LogP contribution in [0.2, 0.25) is 0 Å². The highest BCUT2D eigenvalue weighted by Crippen LogP contribution is 2.38. The molecule has 35 heavy (non-hydrogen) atoms. The summed E-state index contributed by atoms with van der Waals surface area (Å²) >= 11 is 0. The van der Waals surface area contributed by atoms with E-state index in [1.54, 1.807) is 25.1 Å². The van der Waals surface area contributed by atoms with Gasteiger partial charge in [-0.15, -0.1) is 0 Å². The molecule has 0 fully saturated rings. The number of ether oxygens (including phenoxy) is 1. The average molecular weight is 479 g/mol. The summed E-state index contributed by atoms with van der Waals surface area (Å²) in [5.74, 6) is 0.449. The SMILES string of the molecule is CCC1(CC)CC(=O)N([C@H](C)c2cccc(C(=O)N[C@@H]3c4ccccc4OC[C@]3(C)O)c2)C(N)=N1. The van der Waals surface area contributed by atoms with E-state index in [0.717, 1.165) is 24.0 Å². The number of carbonyl (C=O) groups excluding carboxylic acids is 2. The Bertz CT molecular complexity index is 1160. The summed E-state index contributed by atoms with van der Waals surface area (Å²) in [6.07, 6.45) is 1.79. The average Bonchev–Trinajstić information content (AvgIpc) is 2.85. The Morgan fingerprint density at radius 1 is 1.26 bits per heavy atom. The molecule has 0 aliphatic carbocycles. The molecule has 2 aromatic carbocycles. The summed E-state index contributed by atoms with van der Waals surface area (Å²) in [7, 11) is 0. The first-order valence-electron chi connectivity index (χ1n) is 12.1. The first-order valence-corrected chi connectivity index (χ1v) is 12.1. The van der Waals surface area contributed by atoms with Crippen LogP contribution < -0.4 is 15.8 Å². The monoisotopic (exact) mass is 478 g/mol. The van der Waals surface area contributed by atoms with Gasteiger partial charge in [0.15, 0.2) is 5.96 Å². The molecule has 0 spiro atoms. The van der Waals surface area contributed by atoms with Gasteiger partial charge in [-0.05, 0) is 50.5 Å². The second kappa shape index (κ2) is 9.34. The van der Waals surface area contributed by atoms with Crippen molar-refractivity contribution in [2.24, 2.45) is 10.7 Å². The molecule has 8 nitrogen and oxygen atoms in total. The van der Waals surface area contributed by atoms with Gasteiger partial charge in [-0.2, -0.15) is 0 Å². The number of hydrogen-bond acceptors (Lipinski definition) is 6. The number of amides is 2. The molecule has 2 aliphatic rings. The zero-order valence-corrected chi connectivity index (χ0v) is 20.7. The molecular weight excluding hydrogens is 444 g/mol. The lowest BCUT2D eigenvalue weighted by molar-refractivity contribution is -0.131. The van der Waals surface area contributed by atoms with Crippen LogP contribution in [0.15, 0.2) is 53.5 Å². The van der Waals surface area contributed by atoms with E-state index in [9.17, 15) is 14.7 Å². The topological polar surface area (TPSA) is 117 Å². The fraction of sp³-hybridized carbons (Fsp3) is 0.444. The van der Waals surface area contributed by atoms with E-state index in [4.69, 9.17) is 10.5 Å². The third-order valence-electron chi connectivity index (χ3n) is 7.33. The van der Waals surface area contributed by atoms with Gasteiger partial charge in [-0.25, -0.2) is 4.99 Å². The number of carbonyl (C=O) groups is 2. The summed E-state index contributed by atoms with van der Waals surface area (Å²) in [5, 5.41) is 13.9. The molecule has 0 radical (unpaired) electrons. The van der Waals surface area contributed by atoms with Crippen LogP contribution in [-0.4, -0.2) is 45.5 Å². The number of guanidine groups is 1. The number of nitrogens with one attached hydrogen (secondary N) is 1. The minimum absolute atomic E-state index is 0.0682. The van der Waals surface area contributed by atoms with Crippen LogP contribution in [0.25, 0.3) is 0 Å². The van der Waals surface area contributed by atoms with Gasteiger partial charge in [-0.1, -0.05) is 44.2 Å². The van der Waals surface area contributed by atoms with Crippen molar-refractivity contribution in [3.05, 3.63) is 65.2 Å². The fourth-order valence-corrected chi connectivity index (χ4v) is 4.93. The standard InChI is InChI=1S/C27H34N4O4/c1-5-27(6-2)15-22(32)31(25(28)30-27)17(3)18-10-9-11-19(14-18)24(33)29-23-20-12-7-8-13-21(20)35-16-26(23,4)34/h7-14,17,23,34H,5-6,15-16H2,1-4H3,(H2,28,30)(H,29,33)/t17-,23-,26+/m1/s1. The van der Waals surface area contributed by atoms with Crippen molar-refractivity contribution in [1.29, 1.82) is 0 Å². The Labute approximate surface area is 206 Å². The number of nitrogens with zero attached hydrogens (tertiary/aromatic N) is 2. The van der Waals surface area contributed by atoms with Gasteiger partial charge >= 0.3 is 0 Å². The molecule has 0 saturated carbocycles. The highest BCUT2D eigenvalue weighted by molar-refractivity contribution is 5.99. The van der Waals surface area contributed by atoms with E-state index in [0.29, 0.717) is 17.7 Å². The lowest BCUT2D eigenvalue weighted by Gasteiger charge is -2.39. The molecule has 2 heterocycles. The smallest absolute Gasteiger partial charge is 0.251 e. The van der Waals surface area contributed by atoms with Crippen molar-refractivity contribution in [2.75, 3.05) is 6.61 Å². The predicted octanol–water partition coefficient (Wildman–Crippen LogP) is 3.47. The number of hydrogen-bond donors (Lipinski definition) is 3. The lowest BCUT2D eigenvalue weighted by atomic mass is 9.87. The van der Waals surface area contributed by atoms with Crippen LogP contribution in [-0.2, 0) is 4.79 Å². The number of para-hydroxylation sites is 1. The Morgan fingerprint density at radius 3 is 2.66 bits per heavy atom. The van der Waals surface area contributed by atoms with Gasteiger partial charge in [0.1, 0.15) is 18.0 Å². The lowest BCUT2D eigenvalue weighted by Crippen LogP contribution is -2.52. The van der Waals surface area contributed by atoms with E-state index in [-0.39, 0.29) is 24.4 Å². The zero-order valence-electron chi connectivity index (χ0n) is 20.7. The Hall–Kier alpha value is -3.39. The molecule has 2 amide bonds. The molecule has 0 saturated heterocycles. The van der Waals surface area contributed by atoms with Crippen LogP contribution in [0.1, 0.15) is 80.5 Å². The third-order valence-corrected chi connectivity index (χ3v) is 7.33. The molecule has 0 aromatic heterocycles. The van der Waals surface area contributed by atoms with Gasteiger partial charge in [0.05, 0.1) is 24.0 Å². The van der Waals surface area contributed by atoms with Crippen LogP contribution in [0.3, 0.4) is 0 Å². The Kier molecular flexibility index (Phi) is 6.60. The van der Waals surface area contributed by atoms with Crippen molar-refractivity contribution in [3.8, 4) is 5.75 Å². The van der Waals surface area contributed by atoms with Crippen molar-refractivity contribution >= 4 is 17.8 Å². The maximum Gasteiger partial charge on any atom is 0.251 e. The second-order valence-electron chi connectivity index (χ2n) is 9.73. The molecule has 0 bridgehead atoms. The van der Waals surface area contributed by atoms with Gasteiger partial charge in [-0.3, -0.25) is 14.5 Å². The van der Waals surface area contributed by atoms with E-state index in [1.807, 2.05) is 51.1 Å². The molecule has 2 aliphatic heterocycles. The Morgan fingerprint density at radius 2 is 1.97 bits per heavy atom. The van der Waals surface area contributed by atoms with Crippen LogP contribution >= 0.6 is 0 Å². The van der Waals surface area contributed by atoms with Gasteiger partial charge in [0, 0.05) is 11.1 Å². The van der Waals surface area contributed by atoms with Crippen molar-refractivity contribution in [1.82, 2.24) is 10.2 Å². The maximum atomic E-state index is 13.3. The number of aliphatic imine (C=N–C) groups is 1. The van der Waals surface area contributed by atoms with E-state index < -0.39 is 23.2 Å². The normalized spacial score (nSPS) is 24.1. The Balaban J connectivity index is 1.58. The quantitative estimate of drug-likeness (QED) is 0.588. The fourth-order valence-electron chi connectivity index (χ4n) is 4.93. The van der Waals surface area contributed by atoms with Crippen LogP contribution in [0.5, 0.6) is 5.75 Å². The molecule has 186 valence electrons. The first kappa shape index (κ1) is 24.7. The van der Waals surface area contributed by atoms with Gasteiger partial charge in [0.2, 0.25) is 5.91 Å². The van der Waals surface area contributed by atoms with Crippen molar-refractivity contribution < 1.29 is 19.4 Å². The van der Waals surface area contributed by atoms with E-state index in [2.05, 4.69) is 10.3 Å². The first-order chi connectivity index (χ1) is 16.6. The zero-order chi connectivity index (χ0) is 25.4. The molecular formula is C27H34N4O4. The summed E-state index contributed by atoms with van der Waals surface area (Å²) in [5.41, 5.74) is 6.46. The molecule has 3 atom stereocenters. The highest BCUT2D eigenvalue weighted by Gasteiger charge is 2.41. The summed E-state index contributed by atoms with van der Waals surface area (Å²) < 4.78 is 5.66. The van der Waals surface area contributed by atoms with Gasteiger partial charge in [0.25, 0.3) is 5.91 Å². The van der Waals surface area contributed by atoms with Crippen molar-refractivity contribution in [3.63, 3.8) is 0 Å². The minimum atomic E-state index is -1.27. The molecule has 4 rings (SSSR count). The number of nitrogens with two attached hydrogens (primary N) is 1. The number of rotatable bonds is 6. The van der Waals surface area contributed by atoms with Crippen molar-refractivity contribution in [2.45, 2.75) is 70.2 Å². The number of fused-ring (bicyclic) bond motifs is 1. The maximum absolute atomic E-state index is 13.3. The number of benzene rings is 2. The summed E-state index contributed by atoms with van der Waals surface area (Å²) in [4.78, 5) is 32.5. The van der Waals surface area contributed by atoms with Crippen LogP contribution in [0, 0.1) is 0 Å².